The molecule has 6 nitrogen and oxygen atoms in total. The molecule has 4 rings (SSSR count). The summed E-state index contributed by atoms with van der Waals surface area (Å²) >= 11 is 0. The van der Waals surface area contributed by atoms with Crippen LogP contribution in [-0.4, -0.2) is 48.3 Å². The number of anilines is 1. The zero-order valence-electron chi connectivity index (χ0n) is 17.3. The van der Waals surface area contributed by atoms with Crippen molar-refractivity contribution in [2.75, 3.05) is 24.5 Å². The Morgan fingerprint density at radius 3 is 2.30 bits per heavy atom. The van der Waals surface area contributed by atoms with Gasteiger partial charge in [-0.2, -0.15) is 0 Å². The standard InChI is InChI=1S/C24H27N3O3/c1-17-7-4-5-15-26(17)16-6-14-25-22(28)18-10-12-19(13-11-18)27-23(29)20-8-2-3-9-21(20)24(27)30/h2-3,8-13,17H,4-7,14-16H2,1H3,(H,25,28)/t17-/m0/s1. The van der Waals surface area contributed by atoms with Crippen LogP contribution in [0.25, 0.3) is 0 Å². The average molecular weight is 405 g/mol. The molecule has 3 amide bonds. The minimum Gasteiger partial charge on any atom is -0.352 e. The number of fused-ring (bicyclic) bond motifs is 1. The van der Waals surface area contributed by atoms with E-state index in [1.54, 1.807) is 48.5 Å². The Kier molecular flexibility index (Phi) is 5.95. The van der Waals surface area contributed by atoms with Crippen LogP contribution in [0.15, 0.2) is 48.5 Å². The zero-order valence-corrected chi connectivity index (χ0v) is 17.3. The lowest BCUT2D eigenvalue weighted by Gasteiger charge is -2.33. The highest BCUT2D eigenvalue weighted by Gasteiger charge is 2.36. The second-order valence-corrected chi connectivity index (χ2v) is 8.03. The van der Waals surface area contributed by atoms with Gasteiger partial charge < -0.3 is 10.2 Å². The summed E-state index contributed by atoms with van der Waals surface area (Å²) in [5.41, 5.74) is 1.80. The molecule has 2 aromatic rings. The van der Waals surface area contributed by atoms with Gasteiger partial charge in [0, 0.05) is 24.7 Å². The molecule has 1 fully saturated rings. The van der Waals surface area contributed by atoms with E-state index in [4.69, 9.17) is 0 Å². The highest BCUT2D eigenvalue weighted by Crippen LogP contribution is 2.28. The summed E-state index contributed by atoms with van der Waals surface area (Å²) in [6.45, 7) is 5.05. The predicted molar refractivity (Wildman–Crippen MR) is 116 cm³/mol. The molecule has 6 heteroatoms. The third-order valence-electron chi connectivity index (χ3n) is 6.03. The van der Waals surface area contributed by atoms with Gasteiger partial charge in [-0.3, -0.25) is 14.4 Å². The van der Waals surface area contributed by atoms with Gasteiger partial charge in [-0.15, -0.1) is 0 Å². The van der Waals surface area contributed by atoms with Crippen molar-refractivity contribution in [3.05, 3.63) is 65.2 Å². The second-order valence-electron chi connectivity index (χ2n) is 8.03. The minimum absolute atomic E-state index is 0.143. The fourth-order valence-electron chi connectivity index (χ4n) is 4.26. The van der Waals surface area contributed by atoms with Crippen LogP contribution in [0.2, 0.25) is 0 Å². The predicted octanol–water partition coefficient (Wildman–Crippen LogP) is 3.48. The van der Waals surface area contributed by atoms with E-state index in [-0.39, 0.29) is 17.7 Å². The van der Waals surface area contributed by atoms with E-state index in [2.05, 4.69) is 17.1 Å². The number of benzene rings is 2. The molecule has 2 aliphatic heterocycles. The van der Waals surface area contributed by atoms with Gasteiger partial charge in [-0.25, -0.2) is 4.90 Å². The largest absolute Gasteiger partial charge is 0.352 e. The van der Waals surface area contributed by atoms with Crippen LogP contribution >= 0.6 is 0 Å². The number of carbonyl (C=O) groups is 3. The number of nitrogens with zero attached hydrogens (tertiary/aromatic N) is 2. The molecule has 0 unspecified atom stereocenters. The van der Waals surface area contributed by atoms with Gasteiger partial charge in [-0.05, 0) is 69.1 Å². The Morgan fingerprint density at radius 2 is 1.67 bits per heavy atom. The summed E-state index contributed by atoms with van der Waals surface area (Å²) in [7, 11) is 0. The first-order valence-electron chi connectivity index (χ1n) is 10.7. The molecule has 0 saturated carbocycles. The second kappa shape index (κ2) is 8.79. The summed E-state index contributed by atoms with van der Waals surface area (Å²) in [4.78, 5) is 41.2. The van der Waals surface area contributed by atoms with E-state index in [1.807, 2.05) is 0 Å². The number of rotatable bonds is 6. The summed E-state index contributed by atoms with van der Waals surface area (Å²) in [6.07, 6.45) is 4.75. The molecule has 0 bridgehead atoms. The Balaban J connectivity index is 1.32. The first kappa shape index (κ1) is 20.3. The van der Waals surface area contributed by atoms with Gasteiger partial charge in [-0.1, -0.05) is 18.6 Å². The van der Waals surface area contributed by atoms with Gasteiger partial charge in [0.05, 0.1) is 16.8 Å². The van der Waals surface area contributed by atoms with Crippen LogP contribution in [0, 0.1) is 0 Å². The van der Waals surface area contributed by atoms with Crippen LogP contribution in [0.1, 0.15) is 63.7 Å². The van der Waals surface area contributed by atoms with E-state index < -0.39 is 0 Å². The molecule has 0 aliphatic carbocycles. The Labute approximate surface area is 176 Å². The maximum atomic E-state index is 12.6. The highest BCUT2D eigenvalue weighted by atomic mass is 16.2. The van der Waals surface area contributed by atoms with Crippen LogP contribution in [0.3, 0.4) is 0 Å². The van der Waals surface area contributed by atoms with Crippen molar-refractivity contribution in [1.29, 1.82) is 0 Å². The van der Waals surface area contributed by atoms with E-state index in [9.17, 15) is 14.4 Å². The molecule has 30 heavy (non-hydrogen) atoms. The molecule has 156 valence electrons. The van der Waals surface area contributed by atoms with Crippen molar-refractivity contribution in [2.24, 2.45) is 0 Å². The normalized spacial score (nSPS) is 19.1. The first-order chi connectivity index (χ1) is 14.6. The molecule has 0 spiro atoms. The number of carbonyl (C=O) groups excluding carboxylic acids is 3. The zero-order chi connectivity index (χ0) is 21.1. The molecule has 2 heterocycles. The van der Waals surface area contributed by atoms with Crippen molar-refractivity contribution < 1.29 is 14.4 Å². The summed E-state index contributed by atoms with van der Waals surface area (Å²) in [6, 6.07) is 14.0. The monoisotopic (exact) mass is 405 g/mol. The van der Waals surface area contributed by atoms with Gasteiger partial charge >= 0.3 is 0 Å². The lowest BCUT2D eigenvalue weighted by Crippen LogP contribution is -2.39. The summed E-state index contributed by atoms with van der Waals surface area (Å²) in [5.74, 6) is -0.810. The van der Waals surface area contributed by atoms with Crippen LogP contribution < -0.4 is 10.2 Å². The third-order valence-corrected chi connectivity index (χ3v) is 6.03. The number of likely N-dealkylation sites (tertiary alicyclic amines) is 1. The number of hydrogen-bond acceptors (Lipinski definition) is 4. The summed E-state index contributed by atoms with van der Waals surface area (Å²) < 4.78 is 0. The van der Waals surface area contributed by atoms with Gasteiger partial charge in [0.25, 0.3) is 17.7 Å². The smallest absolute Gasteiger partial charge is 0.266 e. The SMILES string of the molecule is C[C@H]1CCCCN1CCCNC(=O)c1ccc(N2C(=O)c3ccccc3C2=O)cc1. The maximum absolute atomic E-state index is 12.6. The van der Waals surface area contributed by atoms with Crippen molar-refractivity contribution in [3.63, 3.8) is 0 Å². The fraction of sp³-hybridized carbons (Fsp3) is 0.375. The van der Waals surface area contributed by atoms with Crippen molar-refractivity contribution in [1.82, 2.24) is 10.2 Å². The quantitative estimate of drug-likeness (QED) is 0.590. The Morgan fingerprint density at radius 1 is 1.00 bits per heavy atom. The van der Waals surface area contributed by atoms with Gasteiger partial charge in [0.2, 0.25) is 0 Å². The molecule has 1 saturated heterocycles. The number of imide groups is 1. The van der Waals surface area contributed by atoms with Crippen molar-refractivity contribution >= 4 is 23.4 Å². The number of amides is 3. The topological polar surface area (TPSA) is 69.7 Å². The van der Waals surface area contributed by atoms with Gasteiger partial charge in [0.1, 0.15) is 0 Å². The highest BCUT2D eigenvalue weighted by molar-refractivity contribution is 6.34. The van der Waals surface area contributed by atoms with Gasteiger partial charge in [0.15, 0.2) is 0 Å². The van der Waals surface area contributed by atoms with Crippen molar-refractivity contribution in [3.8, 4) is 0 Å². The molecule has 0 aromatic heterocycles. The van der Waals surface area contributed by atoms with Crippen molar-refractivity contribution in [2.45, 2.75) is 38.6 Å². The fourth-order valence-corrected chi connectivity index (χ4v) is 4.26. The molecule has 2 aliphatic rings. The Hall–Kier alpha value is -2.99. The van der Waals surface area contributed by atoms with E-state index >= 15 is 0 Å². The lowest BCUT2D eigenvalue weighted by molar-refractivity contribution is 0.0922. The van der Waals surface area contributed by atoms with E-state index in [0.717, 1.165) is 24.4 Å². The van der Waals surface area contributed by atoms with Crippen LogP contribution in [-0.2, 0) is 0 Å². The minimum atomic E-state index is -0.334. The Bertz CT molecular complexity index is 919. The molecule has 2 aromatic carbocycles. The number of nitrogens with one attached hydrogen (secondary N) is 1. The average Bonchev–Trinajstić information content (AvgIpc) is 3.03. The van der Waals surface area contributed by atoms with Crippen LogP contribution in [0.5, 0.6) is 0 Å². The number of hydrogen-bond donors (Lipinski definition) is 1. The van der Waals surface area contributed by atoms with Crippen LogP contribution in [0.4, 0.5) is 5.69 Å². The first-order valence-corrected chi connectivity index (χ1v) is 10.7. The van der Waals surface area contributed by atoms with E-state index in [0.29, 0.717) is 35.0 Å². The summed E-state index contributed by atoms with van der Waals surface area (Å²) in [5, 5.41) is 2.96. The number of piperidine rings is 1. The molecular formula is C24H27N3O3. The maximum Gasteiger partial charge on any atom is 0.266 e. The molecule has 1 atom stereocenters. The molecule has 1 N–H and O–H groups in total. The molecule has 0 radical (unpaired) electrons. The van der Waals surface area contributed by atoms with E-state index in [1.165, 1.54) is 19.3 Å². The third kappa shape index (κ3) is 4.00. The molecular weight excluding hydrogens is 378 g/mol. The lowest BCUT2D eigenvalue weighted by atomic mass is 10.0.